The summed E-state index contributed by atoms with van der Waals surface area (Å²) in [6.45, 7) is 0. The fraction of sp³-hybridized carbons (Fsp3) is 0.130. The van der Waals surface area contributed by atoms with Crippen molar-refractivity contribution in [2.24, 2.45) is 0 Å². The molecule has 0 radical (unpaired) electrons. The molecule has 1 heterocycles. The first-order valence-corrected chi connectivity index (χ1v) is 9.29. The Balaban J connectivity index is 1.57. The molecule has 0 atom stereocenters. The van der Waals surface area contributed by atoms with Gasteiger partial charge in [0.2, 0.25) is 11.6 Å². The van der Waals surface area contributed by atoms with E-state index in [1.165, 1.54) is 33.5 Å². The summed E-state index contributed by atoms with van der Waals surface area (Å²) in [5.74, 6) is 2.99. The van der Waals surface area contributed by atoms with Crippen molar-refractivity contribution in [3.63, 3.8) is 0 Å². The molecule has 7 nitrogen and oxygen atoms in total. The molecule has 0 saturated heterocycles. The maximum Gasteiger partial charge on any atom is 0.258 e. The number of methoxy groups -OCH3 is 3. The number of aromatic nitrogens is 2. The van der Waals surface area contributed by atoms with Crippen LogP contribution in [0.4, 0.5) is 4.39 Å². The summed E-state index contributed by atoms with van der Waals surface area (Å²) in [4.78, 5) is 4.47. The summed E-state index contributed by atoms with van der Waals surface area (Å²) in [5.41, 5.74) is 1.37. The molecule has 0 aliphatic carbocycles. The van der Waals surface area contributed by atoms with E-state index in [-0.39, 0.29) is 5.82 Å². The Morgan fingerprint density at radius 1 is 0.742 bits per heavy atom. The number of halogens is 1. The van der Waals surface area contributed by atoms with E-state index in [9.17, 15) is 4.39 Å². The Labute approximate surface area is 178 Å². The Kier molecular flexibility index (Phi) is 5.70. The maximum absolute atomic E-state index is 13.0. The number of rotatable bonds is 7. The monoisotopic (exact) mass is 422 g/mol. The van der Waals surface area contributed by atoms with Crippen LogP contribution in [-0.4, -0.2) is 31.5 Å². The van der Waals surface area contributed by atoms with Gasteiger partial charge in [-0.1, -0.05) is 5.16 Å². The second kappa shape index (κ2) is 8.74. The smallest absolute Gasteiger partial charge is 0.258 e. The van der Waals surface area contributed by atoms with Gasteiger partial charge in [0.05, 0.1) is 21.3 Å². The van der Waals surface area contributed by atoms with Crippen LogP contribution in [0.1, 0.15) is 0 Å². The average molecular weight is 422 g/mol. The Morgan fingerprint density at radius 2 is 1.32 bits per heavy atom. The van der Waals surface area contributed by atoms with Gasteiger partial charge >= 0.3 is 0 Å². The normalized spacial score (nSPS) is 10.6. The van der Waals surface area contributed by atoms with Gasteiger partial charge in [-0.15, -0.1) is 0 Å². The summed E-state index contributed by atoms with van der Waals surface area (Å²) in [7, 11) is 4.61. The lowest BCUT2D eigenvalue weighted by atomic mass is 10.1. The van der Waals surface area contributed by atoms with Crippen LogP contribution in [0.5, 0.6) is 28.7 Å². The number of ether oxygens (including phenoxy) is 4. The van der Waals surface area contributed by atoms with Crippen LogP contribution >= 0.6 is 0 Å². The predicted molar refractivity (Wildman–Crippen MR) is 111 cm³/mol. The van der Waals surface area contributed by atoms with Gasteiger partial charge in [0, 0.05) is 11.1 Å². The molecule has 0 spiro atoms. The van der Waals surface area contributed by atoms with Gasteiger partial charge in [-0.05, 0) is 60.7 Å². The summed E-state index contributed by atoms with van der Waals surface area (Å²) >= 11 is 0. The molecule has 0 bridgehead atoms. The second-order valence-electron chi connectivity index (χ2n) is 6.42. The molecule has 0 saturated carbocycles. The standard InChI is InChI=1S/C23H19FN2O5/c1-27-19-12-15(13-20(28-2)21(19)29-3)23-25-22(26-31-23)14-4-8-17(9-5-14)30-18-10-6-16(24)7-11-18/h4-13H,1-3H3. The maximum atomic E-state index is 13.0. The average Bonchev–Trinajstić information content (AvgIpc) is 3.30. The molecule has 0 fully saturated rings. The predicted octanol–water partition coefficient (Wildman–Crippen LogP) is 5.36. The minimum Gasteiger partial charge on any atom is -0.493 e. The largest absolute Gasteiger partial charge is 0.493 e. The second-order valence-corrected chi connectivity index (χ2v) is 6.42. The highest BCUT2D eigenvalue weighted by atomic mass is 19.1. The Hall–Kier alpha value is -4.07. The minimum absolute atomic E-state index is 0.306. The van der Waals surface area contributed by atoms with Gasteiger partial charge in [-0.3, -0.25) is 0 Å². The van der Waals surface area contributed by atoms with Crippen molar-refractivity contribution >= 4 is 0 Å². The SMILES string of the molecule is COc1cc(-c2nc(-c3ccc(Oc4ccc(F)cc4)cc3)no2)cc(OC)c1OC. The minimum atomic E-state index is -0.317. The zero-order valence-corrected chi connectivity index (χ0v) is 17.1. The highest BCUT2D eigenvalue weighted by molar-refractivity contribution is 5.67. The van der Waals surface area contributed by atoms with Crippen LogP contribution in [0.15, 0.2) is 65.2 Å². The lowest BCUT2D eigenvalue weighted by Crippen LogP contribution is -1.95. The first-order chi connectivity index (χ1) is 15.1. The topological polar surface area (TPSA) is 75.8 Å². The van der Waals surface area contributed by atoms with Gasteiger partial charge in [-0.25, -0.2) is 4.39 Å². The van der Waals surface area contributed by atoms with Gasteiger partial charge in [0.25, 0.3) is 5.89 Å². The third-order valence-electron chi connectivity index (χ3n) is 4.50. The van der Waals surface area contributed by atoms with Gasteiger partial charge in [0.15, 0.2) is 11.5 Å². The molecule has 4 rings (SSSR count). The molecule has 31 heavy (non-hydrogen) atoms. The summed E-state index contributed by atoms with van der Waals surface area (Å²) < 4.78 is 40.2. The summed E-state index contributed by atoms with van der Waals surface area (Å²) in [6.07, 6.45) is 0. The first kappa shape index (κ1) is 20.2. The molecule has 0 N–H and O–H groups in total. The quantitative estimate of drug-likeness (QED) is 0.397. The number of nitrogens with zero attached hydrogens (tertiary/aromatic N) is 2. The Morgan fingerprint density at radius 3 is 1.87 bits per heavy atom. The van der Waals surface area contributed by atoms with E-state index in [1.807, 2.05) is 12.1 Å². The van der Waals surface area contributed by atoms with E-state index in [4.69, 9.17) is 23.5 Å². The van der Waals surface area contributed by atoms with E-state index < -0.39 is 0 Å². The molecule has 1 aromatic heterocycles. The molecule has 158 valence electrons. The van der Waals surface area contributed by atoms with E-state index in [2.05, 4.69) is 10.1 Å². The van der Waals surface area contributed by atoms with E-state index in [1.54, 1.807) is 36.4 Å². The van der Waals surface area contributed by atoms with E-state index in [0.717, 1.165) is 5.56 Å². The van der Waals surface area contributed by atoms with Gasteiger partial charge in [-0.2, -0.15) is 4.98 Å². The molecule has 8 heteroatoms. The molecular weight excluding hydrogens is 403 g/mol. The molecule has 0 amide bonds. The lowest BCUT2D eigenvalue weighted by molar-refractivity contribution is 0.324. The molecule has 4 aromatic rings. The highest BCUT2D eigenvalue weighted by Gasteiger charge is 2.18. The third kappa shape index (κ3) is 4.28. The number of hydrogen-bond acceptors (Lipinski definition) is 7. The van der Waals surface area contributed by atoms with Crippen LogP contribution < -0.4 is 18.9 Å². The third-order valence-corrected chi connectivity index (χ3v) is 4.50. The van der Waals surface area contributed by atoms with Crippen molar-refractivity contribution in [1.29, 1.82) is 0 Å². The number of hydrogen-bond donors (Lipinski definition) is 0. The first-order valence-electron chi connectivity index (χ1n) is 9.29. The summed E-state index contributed by atoms with van der Waals surface area (Å²) in [6, 6.07) is 16.4. The van der Waals surface area contributed by atoms with Gasteiger partial charge < -0.3 is 23.5 Å². The molecule has 0 unspecified atom stereocenters. The van der Waals surface area contributed by atoms with Crippen LogP contribution in [0, 0.1) is 5.82 Å². The van der Waals surface area contributed by atoms with Crippen molar-refractivity contribution in [2.75, 3.05) is 21.3 Å². The molecular formula is C23H19FN2O5. The van der Waals surface area contributed by atoms with Crippen LogP contribution in [0.3, 0.4) is 0 Å². The van der Waals surface area contributed by atoms with Gasteiger partial charge in [0.1, 0.15) is 17.3 Å². The zero-order chi connectivity index (χ0) is 21.8. The van der Waals surface area contributed by atoms with Crippen molar-refractivity contribution in [3.05, 3.63) is 66.5 Å². The zero-order valence-electron chi connectivity index (χ0n) is 17.1. The van der Waals surface area contributed by atoms with Crippen molar-refractivity contribution in [1.82, 2.24) is 10.1 Å². The van der Waals surface area contributed by atoms with E-state index >= 15 is 0 Å². The molecule has 0 aliphatic heterocycles. The fourth-order valence-corrected chi connectivity index (χ4v) is 2.97. The fourth-order valence-electron chi connectivity index (χ4n) is 2.97. The van der Waals surface area contributed by atoms with Crippen molar-refractivity contribution in [3.8, 4) is 51.6 Å². The lowest BCUT2D eigenvalue weighted by Gasteiger charge is -2.12. The Bertz CT molecular complexity index is 1150. The number of benzene rings is 3. The van der Waals surface area contributed by atoms with E-state index in [0.29, 0.717) is 46.0 Å². The van der Waals surface area contributed by atoms with Crippen LogP contribution in [0.25, 0.3) is 22.8 Å². The highest BCUT2D eigenvalue weighted by Crippen LogP contribution is 2.41. The van der Waals surface area contributed by atoms with Crippen LogP contribution in [-0.2, 0) is 0 Å². The summed E-state index contributed by atoms with van der Waals surface area (Å²) in [5, 5.41) is 4.06. The molecule has 0 aliphatic rings. The molecule has 3 aromatic carbocycles. The van der Waals surface area contributed by atoms with Crippen molar-refractivity contribution in [2.45, 2.75) is 0 Å². The van der Waals surface area contributed by atoms with Crippen molar-refractivity contribution < 1.29 is 27.9 Å². The van der Waals surface area contributed by atoms with Crippen LogP contribution in [0.2, 0.25) is 0 Å².